The van der Waals surface area contributed by atoms with Crippen molar-refractivity contribution < 1.29 is 27.4 Å². The number of ether oxygens (including phenoxy) is 3. The average molecular weight is 513 g/mol. The highest BCUT2D eigenvalue weighted by atomic mass is 32.2. The van der Waals surface area contributed by atoms with Crippen molar-refractivity contribution in [2.45, 2.75) is 32.2 Å². The number of rotatable bonds is 13. The lowest BCUT2D eigenvalue weighted by molar-refractivity contribution is -0.119. The minimum Gasteiger partial charge on any atom is -0.492 e. The van der Waals surface area contributed by atoms with Gasteiger partial charge in [-0.05, 0) is 62.7 Å². The average Bonchev–Trinajstić information content (AvgIpc) is 2.89. The van der Waals surface area contributed by atoms with Gasteiger partial charge in [0.1, 0.15) is 12.3 Å². The Morgan fingerprint density at radius 1 is 0.778 bits per heavy atom. The number of anilines is 1. The van der Waals surface area contributed by atoms with Crippen molar-refractivity contribution in [3.05, 3.63) is 78.4 Å². The summed E-state index contributed by atoms with van der Waals surface area (Å²) in [5.41, 5.74) is 1.08. The van der Waals surface area contributed by atoms with Gasteiger partial charge >= 0.3 is 0 Å². The van der Waals surface area contributed by atoms with E-state index in [0.29, 0.717) is 37.1 Å². The molecule has 1 amide bonds. The number of nitrogens with one attached hydrogen (secondary N) is 1. The van der Waals surface area contributed by atoms with E-state index in [4.69, 9.17) is 14.2 Å². The van der Waals surface area contributed by atoms with Crippen molar-refractivity contribution in [1.29, 1.82) is 0 Å². The zero-order valence-corrected chi connectivity index (χ0v) is 21.6. The Balaban J connectivity index is 1.85. The van der Waals surface area contributed by atoms with Crippen molar-refractivity contribution in [3.8, 4) is 17.2 Å². The van der Waals surface area contributed by atoms with Crippen molar-refractivity contribution in [1.82, 2.24) is 5.32 Å². The van der Waals surface area contributed by atoms with Crippen LogP contribution in [0, 0.1) is 0 Å². The molecule has 0 saturated heterocycles. The number of hydrogen-bond acceptors (Lipinski definition) is 6. The van der Waals surface area contributed by atoms with Gasteiger partial charge < -0.3 is 19.5 Å². The van der Waals surface area contributed by atoms with E-state index >= 15 is 0 Å². The van der Waals surface area contributed by atoms with E-state index in [-0.39, 0.29) is 17.1 Å². The predicted molar refractivity (Wildman–Crippen MR) is 139 cm³/mol. The molecular formula is C27H32N2O6S. The van der Waals surface area contributed by atoms with Crippen LogP contribution in [0.25, 0.3) is 0 Å². The molecule has 36 heavy (non-hydrogen) atoms. The fourth-order valence-corrected chi connectivity index (χ4v) is 5.01. The molecule has 0 fully saturated rings. The number of benzene rings is 3. The SMILES string of the molecule is CCOc1ccc(CNC(=O)CN(c2ccccc2OCC)S(=O)(=O)c2ccccc2)cc1OCC. The second-order valence-corrected chi connectivity index (χ2v) is 9.51. The molecule has 0 saturated carbocycles. The van der Waals surface area contributed by atoms with Gasteiger partial charge in [-0.3, -0.25) is 9.10 Å². The molecule has 0 aliphatic rings. The molecule has 3 aromatic rings. The number of hydrogen-bond donors (Lipinski definition) is 1. The number of carbonyl (C=O) groups excluding carboxylic acids is 1. The normalized spacial score (nSPS) is 11.0. The second-order valence-electron chi connectivity index (χ2n) is 7.65. The van der Waals surface area contributed by atoms with Crippen molar-refractivity contribution in [3.63, 3.8) is 0 Å². The molecule has 0 aliphatic carbocycles. The lowest BCUT2D eigenvalue weighted by Crippen LogP contribution is -2.40. The van der Waals surface area contributed by atoms with Crippen molar-refractivity contribution >= 4 is 21.6 Å². The molecule has 0 heterocycles. The van der Waals surface area contributed by atoms with Gasteiger partial charge in [0.2, 0.25) is 5.91 Å². The van der Waals surface area contributed by atoms with Crippen LogP contribution in [-0.4, -0.2) is 40.7 Å². The first kappa shape index (κ1) is 26.9. The molecule has 0 bridgehead atoms. The maximum absolute atomic E-state index is 13.6. The highest BCUT2D eigenvalue weighted by molar-refractivity contribution is 7.92. The first-order valence-corrected chi connectivity index (χ1v) is 13.3. The Morgan fingerprint density at radius 2 is 1.39 bits per heavy atom. The molecule has 3 aromatic carbocycles. The molecule has 192 valence electrons. The summed E-state index contributed by atoms with van der Waals surface area (Å²) in [6.07, 6.45) is 0. The van der Waals surface area contributed by atoms with Crippen LogP contribution < -0.4 is 23.8 Å². The minimum absolute atomic E-state index is 0.0805. The minimum atomic E-state index is -4.04. The zero-order valence-electron chi connectivity index (χ0n) is 20.8. The summed E-state index contributed by atoms with van der Waals surface area (Å²) in [5, 5.41) is 2.81. The van der Waals surface area contributed by atoms with E-state index in [1.807, 2.05) is 26.8 Å². The zero-order chi connectivity index (χ0) is 26.0. The van der Waals surface area contributed by atoms with Crippen LogP contribution in [-0.2, 0) is 21.4 Å². The van der Waals surface area contributed by atoms with E-state index in [1.165, 1.54) is 12.1 Å². The van der Waals surface area contributed by atoms with Gasteiger partial charge in [0.05, 0.1) is 30.4 Å². The summed E-state index contributed by atoms with van der Waals surface area (Å²) in [6, 6.07) is 20.2. The van der Waals surface area contributed by atoms with Gasteiger partial charge in [-0.25, -0.2) is 8.42 Å². The summed E-state index contributed by atoms with van der Waals surface area (Å²) < 4.78 is 45.1. The third-order valence-corrected chi connectivity index (χ3v) is 6.92. The molecule has 9 heteroatoms. The van der Waals surface area contributed by atoms with E-state index in [1.54, 1.807) is 54.6 Å². The monoisotopic (exact) mass is 512 g/mol. The molecule has 0 aromatic heterocycles. The summed E-state index contributed by atoms with van der Waals surface area (Å²) >= 11 is 0. The van der Waals surface area contributed by atoms with Crippen LogP contribution in [0.5, 0.6) is 17.2 Å². The molecule has 0 spiro atoms. The molecule has 0 atom stereocenters. The number of nitrogens with zero attached hydrogens (tertiary/aromatic N) is 1. The first-order valence-electron chi connectivity index (χ1n) is 11.9. The first-order chi connectivity index (χ1) is 17.4. The van der Waals surface area contributed by atoms with E-state index in [0.717, 1.165) is 9.87 Å². The van der Waals surface area contributed by atoms with E-state index in [9.17, 15) is 13.2 Å². The lowest BCUT2D eigenvalue weighted by atomic mass is 10.2. The smallest absolute Gasteiger partial charge is 0.264 e. The van der Waals surface area contributed by atoms with E-state index < -0.39 is 22.5 Å². The number of sulfonamides is 1. The molecular weight excluding hydrogens is 480 g/mol. The maximum atomic E-state index is 13.6. The van der Waals surface area contributed by atoms with Gasteiger partial charge in [-0.1, -0.05) is 36.4 Å². The van der Waals surface area contributed by atoms with E-state index in [2.05, 4.69) is 5.32 Å². The number of carbonyl (C=O) groups is 1. The van der Waals surface area contributed by atoms with Crippen LogP contribution in [0.4, 0.5) is 5.69 Å². The van der Waals surface area contributed by atoms with Crippen molar-refractivity contribution in [2.75, 3.05) is 30.7 Å². The second kappa shape index (κ2) is 12.8. The Bertz CT molecular complexity index is 1250. The van der Waals surface area contributed by atoms with Gasteiger partial charge in [-0.2, -0.15) is 0 Å². The summed E-state index contributed by atoms with van der Waals surface area (Å²) in [5.74, 6) is 1.12. The standard InChI is InChI=1S/C27H32N2O6S/c1-4-33-24-15-11-10-14-23(24)29(36(31,32)22-12-8-7-9-13-22)20-27(30)28-19-21-16-17-25(34-5-2)26(18-21)35-6-3/h7-18H,4-6,19-20H2,1-3H3,(H,28,30). The fraction of sp³-hybridized carbons (Fsp3) is 0.296. The summed E-state index contributed by atoms with van der Waals surface area (Å²) in [7, 11) is -4.04. The van der Waals surface area contributed by atoms with Crippen LogP contribution in [0.3, 0.4) is 0 Å². The Morgan fingerprint density at radius 3 is 2.08 bits per heavy atom. The largest absolute Gasteiger partial charge is 0.492 e. The highest BCUT2D eigenvalue weighted by Gasteiger charge is 2.29. The van der Waals surface area contributed by atoms with Crippen LogP contribution >= 0.6 is 0 Å². The fourth-order valence-electron chi connectivity index (χ4n) is 3.55. The topological polar surface area (TPSA) is 94.2 Å². The number of amides is 1. The Hall–Kier alpha value is -3.72. The highest BCUT2D eigenvalue weighted by Crippen LogP contribution is 2.32. The molecule has 0 unspecified atom stereocenters. The third kappa shape index (κ3) is 6.69. The predicted octanol–water partition coefficient (Wildman–Crippen LogP) is 4.39. The van der Waals surface area contributed by atoms with Crippen LogP contribution in [0.1, 0.15) is 26.3 Å². The quantitative estimate of drug-likeness (QED) is 0.365. The van der Waals surface area contributed by atoms with Crippen molar-refractivity contribution in [2.24, 2.45) is 0 Å². The molecule has 1 N–H and O–H groups in total. The molecule has 0 aliphatic heterocycles. The lowest BCUT2D eigenvalue weighted by Gasteiger charge is -2.26. The Kier molecular flexibility index (Phi) is 9.58. The third-order valence-electron chi connectivity index (χ3n) is 5.15. The van der Waals surface area contributed by atoms with Gasteiger partial charge in [0.25, 0.3) is 10.0 Å². The van der Waals surface area contributed by atoms with Crippen LogP contribution in [0.15, 0.2) is 77.7 Å². The van der Waals surface area contributed by atoms with Gasteiger partial charge in [0, 0.05) is 6.54 Å². The summed E-state index contributed by atoms with van der Waals surface area (Å²) in [6.45, 7) is 6.69. The van der Waals surface area contributed by atoms with Gasteiger partial charge in [0.15, 0.2) is 11.5 Å². The number of para-hydroxylation sites is 2. The Labute approximate surface area is 212 Å². The maximum Gasteiger partial charge on any atom is 0.264 e. The molecule has 8 nitrogen and oxygen atoms in total. The molecule has 0 radical (unpaired) electrons. The van der Waals surface area contributed by atoms with Crippen LogP contribution in [0.2, 0.25) is 0 Å². The summed E-state index contributed by atoms with van der Waals surface area (Å²) in [4.78, 5) is 13.1. The molecule has 3 rings (SSSR count). The van der Waals surface area contributed by atoms with Gasteiger partial charge in [-0.15, -0.1) is 0 Å².